The molecule has 1 aromatic heterocycles. The normalized spacial score (nSPS) is 10.4. The molecule has 0 saturated heterocycles. The maximum atomic E-state index is 13.0. The minimum atomic E-state index is -0.257. The third-order valence-electron chi connectivity index (χ3n) is 4.10. The molecule has 0 aliphatic carbocycles. The van der Waals surface area contributed by atoms with Gasteiger partial charge in [0.05, 0.1) is 4.47 Å². The SMILES string of the molecule is CC(C)CN(NC(=O)c1cccc(-c2ccccc2)c1)c1nc(C#N)ncc1Br. The molecule has 1 amide bonds. The summed E-state index contributed by atoms with van der Waals surface area (Å²) in [7, 11) is 0. The van der Waals surface area contributed by atoms with Crippen molar-refractivity contribution >= 4 is 27.7 Å². The van der Waals surface area contributed by atoms with Crippen LogP contribution in [-0.2, 0) is 0 Å². The van der Waals surface area contributed by atoms with E-state index in [1.165, 1.54) is 6.20 Å². The highest BCUT2D eigenvalue weighted by Crippen LogP contribution is 2.24. The Bertz CT molecular complexity index is 1050. The third kappa shape index (κ3) is 5.18. The van der Waals surface area contributed by atoms with Gasteiger partial charge in [-0.25, -0.2) is 4.98 Å². The molecule has 0 aliphatic heterocycles. The van der Waals surface area contributed by atoms with E-state index in [2.05, 4.69) is 31.3 Å². The average Bonchev–Trinajstić information content (AvgIpc) is 2.74. The van der Waals surface area contributed by atoms with Crippen LogP contribution in [0, 0.1) is 17.2 Å². The number of aromatic nitrogens is 2. The summed E-state index contributed by atoms with van der Waals surface area (Å²) in [6.07, 6.45) is 1.51. The number of carbonyl (C=O) groups excluding carboxylic acids is 1. The molecular weight excluding hydrogens is 430 g/mol. The van der Waals surface area contributed by atoms with E-state index in [1.54, 1.807) is 11.1 Å². The van der Waals surface area contributed by atoms with E-state index >= 15 is 0 Å². The summed E-state index contributed by atoms with van der Waals surface area (Å²) in [6, 6.07) is 19.3. The molecule has 1 N–H and O–H groups in total. The van der Waals surface area contributed by atoms with Crippen molar-refractivity contribution in [2.75, 3.05) is 11.6 Å². The number of nitriles is 1. The van der Waals surface area contributed by atoms with Crippen molar-refractivity contribution in [3.8, 4) is 17.2 Å². The molecule has 0 unspecified atom stereocenters. The van der Waals surface area contributed by atoms with E-state index in [-0.39, 0.29) is 17.6 Å². The van der Waals surface area contributed by atoms with Crippen molar-refractivity contribution in [3.05, 3.63) is 76.7 Å². The van der Waals surface area contributed by atoms with Gasteiger partial charge < -0.3 is 0 Å². The summed E-state index contributed by atoms with van der Waals surface area (Å²) >= 11 is 3.41. The summed E-state index contributed by atoms with van der Waals surface area (Å²) in [5, 5.41) is 10.8. The van der Waals surface area contributed by atoms with E-state index in [1.807, 2.05) is 68.4 Å². The molecule has 3 rings (SSSR count). The molecule has 0 bridgehead atoms. The fourth-order valence-electron chi connectivity index (χ4n) is 2.81. The molecule has 0 saturated carbocycles. The van der Waals surface area contributed by atoms with Crippen molar-refractivity contribution in [3.63, 3.8) is 0 Å². The van der Waals surface area contributed by atoms with Crippen molar-refractivity contribution in [2.45, 2.75) is 13.8 Å². The van der Waals surface area contributed by atoms with Crippen LogP contribution in [0.1, 0.15) is 30.0 Å². The largest absolute Gasteiger partial charge is 0.269 e. The first-order valence-electron chi connectivity index (χ1n) is 9.14. The van der Waals surface area contributed by atoms with E-state index in [9.17, 15) is 4.79 Å². The first-order chi connectivity index (χ1) is 14.0. The predicted octanol–water partition coefficient (Wildman–Crippen LogP) is 4.59. The Balaban J connectivity index is 1.89. The fraction of sp³-hybridized carbons (Fsp3) is 0.182. The monoisotopic (exact) mass is 449 g/mol. The molecule has 1 heterocycles. The van der Waals surface area contributed by atoms with Crippen molar-refractivity contribution < 1.29 is 4.79 Å². The number of hydrogen-bond acceptors (Lipinski definition) is 5. The number of amides is 1. The third-order valence-corrected chi connectivity index (χ3v) is 4.66. The van der Waals surface area contributed by atoms with Gasteiger partial charge in [0.25, 0.3) is 5.91 Å². The van der Waals surface area contributed by atoms with Gasteiger partial charge in [0.15, 0.2) is 5.82 Å². The Morgan fingerprint density at radius 1 is 1.17 bits per heavy atom. The van der Waals surface area contributed by atoms with Gasteiger partial charge in [-0.15, -0.1) is 0 Å². The second kappa shape index (κ2) is 9.30. The fourth-order valence-corrected chi connectivity index (χ4v) is 3.21. The molecule has 0 aliphatic rings. The average molecular weight is 450 g/mol. The molecular formula is C22H20BrN5O. The number of halogens is 1. The lowest BCUT2D eigenvalue weighted by Crippen LogP contribution is -2.45. The highest BCUT2D eigenvalue weighted by Gasteiger charge is 2.18. The number of hydrogen-bond donors (Lipinski definition) is 1. The van der Waals surface area contributed by atoms with Crippen LogP contribution in [-0.4, -0.2) is 22.4 Å². The van der Waals surface area contributed by atoms with Gasteiger partial charge >= 0.3 is 0 Å². The number of nitrogens with zero attached hydrogens (tertiary/aromatic N) is 4. The Kier molecular flexibility index (Phi) is 6.57. The summed E-state index contributed by atoms with van der Waals surface area (Å²) in [5.41, 5.74) is 5.45. The molecule has 7 heteroatoms. The van der Waals surface area contributed by atoms with Gasteiger partial charge in [-0.1, -0.05) is 56.3 Å². The van der Waals surface area contributed by atoms with E-state index in [0.29, 0.717) is 22.4 Å². The van der Waals surface area contributed by atoms with Crippen LogP contribution in [0.4, 0.5) is 5.82 Å². The van der Waals surface area contributed by atoms with Gasteiger partial charge in [0.2, 0.25) is 5.82 Å². The van der Waals surface area contributed by atoms with Gasteiger partial charge in [-0.2, -0.15) is 10.2 Å². The topological polar surface area (TPSA) is 81.9 Å². The molecule has 2 aromatic carbocycles. The second-order valence-corrected chi connectivity index (χ2v) is 7.72. The van der Waals surface area contributed by atoms with Crippen LogP contribution in [0.15, 0.2) is 65.3 Å². The van der Waals surface area contributed by atoms with Crippen LogP contribution in [0.2, 0.25) is 0 Å². The zero-order valence-corrected chi connectivity index (χ0v) is 17.7. The number of nitrogens with one attached hydrogen (secondary N) is 1. The molecule has 0 spiro atoms. The van der Waals surface area contributed by atoms with Gasteiger partial charge in [0.1, 0.15) is 6.07 Å². The van der Waals surface area contributed by atoms with Gasteiger partial charge in [-0.05, 0) is 45.1 Å². The van der Waals surface area contributed by atoms with Gasteiger partial charge in [-0.3, -0.25) is 15.2 Å². The minimum Gasteiger partial charge on any atom is -0.267 e. The number of carbonyl (C=O) groups is 1. The maximum absolute atomic E-state index is 13.0. The van der Waals surface area contributed by atoms with Crippen LogP contribution in [0.3, 0.4) is 0 Å². The highest BCUT2D eigenvalue weighted by atomic mass is 79.9. The summed E-state index contributed by atoms with van der Waals surface area (Å²) in [6.45, 7) is 4.59. The zero-order valence-electron chi connectivity index (χ0n) is 16.1. The summed E-state index contributed by atoms with van der Waals surface area (Å²) in [5.74, 6) is 0.473. The summed E-state index contributed by atoms with van der Waals surface area (Å²) < 4.78 is 0.593. The van der Waals surface area contributed by atoms with Gasteiger partial charge in [0, 0.05) is 18.3 Å². The van der Waals surface area contributed by atoms with E-state index in [4.69, 9.17) is 5.26 Å². The van der Waals surface area contributed by atoms with E-state index in [0.717, 1.165) is 11.1 Å². The molecule has 6 nitrogen and oxygen atoms in total. The Hall–Kier alpha value is -3.24. The number of anilines is 1. The molecule has 0 fully saturated rings. The van der Waals surface area contributed by atoms with Crippen LogP contribution in [0.25, 0.3) is 11.1 Å². The van der Waals surface area contributed by atoms with E-state index < -0.39 is 0 Å². The molecule has 0 radical (unpaired) electrons. The van der Waals surface area contributed by atoms with Crippen LogP contribution in [0.5, 0.6) is 0 Å². The lowest BCUT2D eigenvalue weighted by Gasteiger charge is -2.26. The maximum Gasteiger partial charge on any atom is 0.269 e. The Labute approximate surface area is 178 Å². The Morgan fingerprint density at radius 2 is 1.90 bits per heavy atom. The van der Waals surface area contributed by atoms with Crippen LogP contribution < -0.4 is 10.4 Å². The molecule has 29 heavy (non-hydrogen) atoms. The zero-order chi connectivity index (χ0) is 20.8. The minimum absolute atomic E-state index is 0.0391. The van der Waals surface area contributed by atoms with Crippen molar-refractivity contribution in [2.24, 2.45) is 5.92 Å². The van der Waals surface area contributed by atoms with Crippen molar-refractivity contribution in [1.82, 2.24) is 15.4 Å². The Morgan fingerprint density at radius 3 is 2.59 bits per heavy atom. The lowest BCUT2D eigenvalue weighted by atomic mass is 10.0. The highest BCUT2D eigenvalue weighted by molar-refractivity contribution is 9.10. The first-order valence-corrected chi connectivity index (χ1v) is 9.94. The lowest BCUT2D eigenvalue weighted by molar-refractivity contribution is 0.0947. The number of hydrazine groups is 1. The second-order valence-electron chi connectivity index (χ2n) is 6.87. The van der Waals surface area contributed by atoms with Crippen LogP contribution >= 0.6 is 15.9 Å². The number of benzene rings is 2. The molecule has 3 aromatic rings. The smallest absolute Gasteiger partial charge is 0.267 e. The summed E-state index contributed by atoms with van der Waals surface area (Å²) in [4.78, 5) is 21.2. The molecule has 0 atom stereocenters. The first kappa shape index (κ1) is 20.5. The predicted molar refractivity (Wildman–Crippen MR) is 116 cm³/mol. The standard InChI is InChI=1S/C22H20BrN5O/c1-15(2)14-28(21-19(23)13-25-20(12-24)26-21)27-22(29)18-10-6-9-17(11-18)16-7-4-3-5-8-16/h3-11,13,15H,14H2,1-2H3,(H,27,29). The molecule has 146 valence electrons. The van der Waals surface area contributed by atoms with Crippen molar-refractivity contribution in [1.29, 1.82) is 5.26 Å². The quantitative estimate of drug-likeness (QED) is 0.556. The number of rotatable bonds is 6.